The predicted octanol–water partition coefficient (Wildman–Crippen LogP) is 5.26. The van der Waals surface area contributed by atoms with E-state index in [0.717, 1.165) is 49.7 Å². The molecule has 1 aliphatic heterocycles. The van der Waals surface area contributed by atoms with Gasteiger partial charge in [0.2, 0.25) is 0 Å². The molecule has 2 aromatic rings. The SMILES string of the molecule is CCCC[C@H](c1cc(OC)c(OC)cc1OCc1ccccc1)N1CCNCC1.Cl.Cl. The predicted molar refractivity (Wildman–Crippen MR) is 132 cm³/mol. The van der Waals surface area contributed by atoms with Crippen molar-refractivity contribution >= 4 is 24.8 Å². The summed E-state index contributed by atoms with van der Waals surface area (Å²) in [5.41, 5.74) is 2.34. The van der Waals surface area contributed by atoms with Crippen LogP contribution in [-0.4, -0.2) is 45.3 Å². The molecule has 0 radical (unpaired) electrons. The maximum atomic E-state index is 6.34. The van der Waals surface area contributed by atoms with E-state index in [1.54, 1.807) is 14.2 Å². The number of nitrogens with one attached hydrogen (secondary N) is 1. The van der Waals surface area contributed by atoms with E-state index in [2.05, 4.69) is 35.3 Å². The summed E-state index contributed by atoms with van der Waals surface area (Å²) in [6, 6.07) is 14.7. The van der Waals surface area contributed by atoms with E-state index in [-0.39, 0.29) is 24.8 Å². The summed E-state index contributed by atoms with van der Waals surface area (Å²) in [4.78, 5) is 2.57. The first-order valence-corrected chi connectivity index (χ1v) is 10.6. The van der Waals surface area contributed by atoms with Crippen LogP contribution in [0.5, 0.6) is 17.2 Å². The Balaban J connectivity index is 0.00000240. The summed E-state index contributed by atoms with van der Waals surface area (Å²) in [5, 5.41) is 3.46. The second-order valence-corrected chi connectivity index (χ2v) is 7.46. The Hall–Kier alpha value is -1.66. The van der Waals surface area contributed by atoms with Gasteiger partial charge in [-0.3, -0.25) is 4.90 Å². The Morgan fingerprint density at radius 3 is 2.19 bits per heavy atom. The normalized spacial score (nSPS) is 14.7. The van der Waals surface area contributed by atoms with Gasteiger partial charge in [0, 0.05) is 43.9 Å². The van der Waals surface area contributed by atoms with Gasteiger partial charge in [0.25, 0.3) is 0 Å². The smallest absolute Gasteiger partial charge is 0.164 e. The molecule has 1 fully saturated rings. The number of hydrogen-bond acceptors (Lipinski definition) is 5. The fourth-order valence-electron chi connectivity index (χ4n) is 3.92. The molecule has 1 N–H and O–H groups in total. The Kier molecular flexibility index (Phi) is 12.7. The zero-order chi connectivity index (χ0) is 20.5. The first-order chi connectivity index (χ1) is 14.3. The number of rotatable bonds is 10. The standard InChI is InChI=1S/C24H34N2O3.2ClH/c1-4-5-11-21(26-14-12-25-13-15-26)20-16-23(27-2)24(28-3)17-22(20)29-18-19-9-7-6-8-10-19;;/h6-10,16-17,21,25H,4-5,11-15,18H2,1-3H3;2*1H/t21-;;/m1../s1. The Morgan fingerprint density at radius 1 is 0.935 bits per heavy atom. The fourth-order valence-corrected chi connectivity index (χ4v) is 3.92. The minimum atomic E-state index is 0. The first kappa shape index (κ1) is 27.4. The van der Waals surface area contributed by atoms with Crippen molar-refractivity contribution in [3.63, 3.8) is 0 Å². The lowest BCUT2D eigenvalue weighted by molar-refractivity contribution is 0.158. The molecule has 174 valence electrons. The molecular weight excluding hydrogens is 435 g/mol. The van der Waals surface area contributed by atoms with Crippen LogP contribution in [0.2, 0.25) is 0 Å². The molecule has 2 aromatic carbocycles. The van der Waals surface area contributed by atoms with E-state index in [1.165, 1.54) is 18.4 Å². The van der Waals surface area contributed by atoms with Crippen LogP contribution in [0.4, 0.5) is 0 Å². The van der Waals surface area contributed by atoms with Gasteiger partial charge in [-0.15, -0.1) is 24.8 Å². The van der Waals surface area contributed by atoms with Crippen molar-refractivity contribution in [3.05, 3.63) is 53.6 Å². The van der Waals surface area contributed by atoms with E-state index in [9.17, 15) is 0 Å². The lowest BCUT2D eigenvalue weighted by Crippen LogP contribution is -2.45. The Labute approximate surface area is 199 Å². The Morgan fingerprint density at radius 2 is 1.58 bits per heavy atom. The van der Waals surface area contributed by atoms with Gasteiger partial charge in [-0.25, -0.2) is 0 Å². The van der Waals surface area contributed by atoms with Gasteiger partial charge in [-0.1, -0.05) is 50.1 Å². The molecule has 7 heteroatoms. The monoisotopic (exact) mass is 470 g/mol. The number of halogens is 2. The molecule has 1 aliphatic rings. The van der Waals surface area contributed by atoms with Gasteiger partial charge in [0.15, 0.2) is 11.5 Å². The number of nitrogens with zero attached hydrogens (tertiary/aromatic N) is 1. The topological polar surface area (TPSA) is 43.0 Å². The number of methoxy groups -OCH3 is 2. The van der Waals surface area contributed by atoms with Crippen LogP contribution in [-0.2, 0) is 6.61 Å². The molecule has 5 nitrogen and oxygen atoms in total. The zero-order valence-electron chi connectivity index (χ0n) is 18.8. The molecule has 0 saturated carbocycles. The van der Waals surface area contributed by atoms with Crippen molar-refractivity contribution < 1.29 is 14.2 Å². The van der Waals surface area contributed by atoms with E-state index in [1.807, 2.05) is 24.3 Å². The first-order valence-electron chi connectivity index (χ1n) is 10.6. The number of ether oxygens (including phenoxy) is 3. The molecule has 31 heavy (non-hydrogen) atoms. The largest absolute Gasteiger partial charge is 0.493 e. The second-order valence-electron chi connectivity index (χ2n) is 7.46. The summed E-state index contributed by atoms with van der Waals surface area (Å²) >= 11 is 0. The van der Waals surface area contributed by atoms with Gasteiger partial charge in [-0.2, -0.15) is 0 Å². The number of hydrogen-bond donors (Lipinski definition) is 1. The van der Waals surface area contributed by atoms with Gasteiger partial charge < -0.3 is 19.5 Å². The average molecular weight is 471 g/mol. The molecule has 0 spiro atoms. The van der Waals surface area contributed by atoms with Gasteiger partial charge in [0.05, 0.1) is 14.2 Å². The van der Waals surface area contributed by atoms with E-state index in [4.69, 9.17) is 14.2 Å². The molecular formula is C24H36Cl2N2O3. The van der Waals surface area contributed by atoms with Gasteiger partial charge in [0.1, 0.15) is 12.4 Å². The van der Waals surface area contributed by atoms with Crippen LogP contribution in [0.25, 0.3) is 0 Å². The van der Waals surface area contributed by atoms with E-state index in [0.29, 0.717) is 18.4 Å². The van der Waals surface area contributed by atoms with Crippen LogP contribution < -0.4 is 19.5 Å². The van der Waals surface area contributed by atoms with Crippen LogP contribution in [0.3, 0.4) is 0 Å². The van der Waals surface area contributed by atoms with Crippen molar-refractivity contribution in [1.82, 2.24) is 10.2 Å². The number of benzene rings is 2. The summed E-state index contributed by atoms with van der Waals surface area (Å²) in [6.45, 7) is 6.91. The fraction of sp³-hybridized carbons (Fsp3) is 0.500. The number of piperazine rings is 1. The van der Waals surface area contributed by atoms with Crippen molar-refractivity contribution in [3.8, 4) is 17.2 Å². The minimum Gasteiger partial charge on any atom is -0.493 e. The molecule has 0 aromatic heterocycles. The maximum Gasteiger partial charge on any atom is 0.164 e. The minimum absolute atomic E-state index is 0. The highest BCUT2D eigenvalue weighted by Gasteiger charge is 2.26. The van der Waals surface area contributed by atoms with Crippen molar-refractivity contribution in [2.75, 3.05) is 40.4 Å². The summed E-state index contributed by atoms with van der Waals surface area (Å²) in [7, 11) is 3.36. The third-order valence-electron chi connectivity index (χ3n) is 5.54. The van der Waals surface area contributed by atoms with Crippen LogP contribution in [0.1, 0.15) is 43.4 Å². The molecule has 0 unspecified atom stereocenters. The molecule has 1 saturated heterocycles. The number of unbranched alkanes of at least 4 members (excludes halogenated alkanes) is 1. The highest BCUT2D eigenvalue weighted by molar-refractivity contribution is 5.85. The summed E-state index contributed by atoms with van der Waals surface area (Å²) < 4.78 is 17.5. The molecule has 3 rings (SSSR count). The molecule has 1 heterocycles. The molecule has 0 bridgehead atoms. The third-order valence-corrected chi connectivity index (χ3v) is 5.54. The van der Waals surface area contributed by atoms with Gasteiger partial charge >= 0.3 is 0 Å². The quantitative estimate of drug-likeness (QED) is 0.512. The molecule has 0 aliphatic carbocycles. The average Bonchev–Trinajstić information content (AvgIpc) is 2.79. The van der Waals surface area contributed by atoms with E-state index < -0.39 is 0 Å². The van der Waals surface area contributed by atoms with E-state index >= 15 is 0 Å². The Bertz CT molecular complexity index is 756. The highest BCUT2D eigenvalue weighted by atomic mass is 35.5. The maximum absolute atomic E-state index is 6.34. The zero-order valence-corrected chi connectivity index (χ0v) is 20.4. The lowest BCUT2D eigenvalue weighted by Gasteiger charge is -2.36. The lowest BCUT2D eigenvalue weighted by atomic mass is 9.97. The molecule has 1 atom stereocenters. The van der Waals surface area contributed by atoms with Crippen LogP contribution in [0.15, 0.2) is 42.5 Å². The summed E-state index contributed by atoms with van der Waals surface area (Å²) in [5.74, 6) is 2.34. The molecule has 0 amide bonds. The second kappa shape index (κ2) is 14.4. The van der Waals surface area contributed by atoms with Crippen molar-refractivity contribution in [1.29, 1.82) is 0 Å². The van der Waals surface area contributed by atoms with Crippen LogP contribution >= 0.6 is 24.8 Å². The van der Waals surface area contributed by atoms with Crippen molar-refractivity contribution in [2.24, 2.45) is 0 Å². The van der Waals surface area contributed by atoms with Crippen molar-refractivity contribution in [2.45, 2.75) is 38.8 Å². The summed E-state index contributed by atoms with van der Waals surface area (Å²) in [6.07, 6.45) is 3.46. The van der Waals surface area contributed by atoms with Gasteiger partial charge in [-0.05, 0) is 18.1 Å². The highest BCUT2D eigenvalue weighted by Crippen LogP contribution is 2.41. The third kappa shape index (κ3) is 7.46. The van der Waals surface area contributed by atoms with Crippen LogP contribution in [0, 0.1) is 0 Å².